The van der Waals surface area contributed by atoms with Gasteiger partial charge in [-0.1, -0.05) is 23.2 Å². The lowest BCUT2D eigenvalue weighted by Crippen LogP contribution is -2.37. The van der Waals surface area contributed by atoms with Crippen molar-refractivity contribution < 1.29 is 9.53 Å². The van der Waals surface area contributed by atoms with E-state index in [1.54, 1.807) is 18.0 Å². The number of benzene rings is 1. The highest BCUT2D eigenvalue weighted by Gasteiger charge is 2.31. The number of amides is 1. The van der Waals surface area contributed by atoms with E-state index >= 15 is 0 Å². The van der Waals surface area contributed by atoms with Gasteiger partial charge in [-0.05, 0) is 15.9 Å². The number of nitrogens with zero attached hydrogens (tertiary/aromatic N) is 3. The van der Waals surface area contributed by atoms with Crippen molar-refractivity contribution in [3.63, 3.8) is 0 Å². The Kier molecular flexibility index (Phi) is 3.98. The van der Waals surface area contributed by atoms with Crippen LogP contribution in [0.1, 0.15) is 10.5 Å². The summed E-state index contributed by atoms with van der Waals surface area (Å²) in [6.07, 6.45) is 0. The van der Waals surface area contributed by atoms with Crippen LogP contribution >= 0.6 is 39.1 Å². The molecule has 3 rings (SSSR count). The van der Waals surface area contributed by atoms with Crippen molar-refractivity contribution in [2.75, 3.05) is 20.2 Å². The SMILES string of the molecule is CN1CCn2c(c(Br)c3c(OCC#N)cc(Cl)c(Cl)c32)C1=O. The zero-order valence-corrected chi connectivity index (χ0v) is 14.6. The molecule has 0 bridgehead atoms. The number of ether oxygens (including phenoxy) is 1. The highest BCUT2D eigenvalue weighted by molar-refractivity contribution is 9.10. The van der Waals surface area contributed by atoms with Crippen LogP contribution in [-0.4, -0.2) is 35.6 Å². The lowest BCUT2D eigenvalue weighted by atomic mass is 10.2. The van der Waals surface area contributed by atoms with Crippen molar-refractivity contribution in [2.45, 2.75) is 6.54 Å². The van der Waals surface area contributed by atoms with Crippen LogP contribution in [-0.2, 0) is 6.54 Å². The van der Waals surface area contributed by atoms with Crippen LogP contribution in [0.2, 0.25) is 10.0 Å². The first-order valence-corrected chi connectivity index (χ1v) is 7.97. The van der Waals surface area contributed by atoms with E-state index in [1.165, 1.54) is 0 Å². The van der Waals surface area contributed by atoms with Crippen LogP contribution in [0.4, 0.5) is 0 Å². The Bertz CT molecular complexity index is 841. The van der Waals surface area contributed by atoms with Gasteiger partial charge in [-0.25, -0.2) is 0 Å². The fourth-order valence-electron chi connectivity index (χ4n) is 2.59. The summed E-state index contributed by atoms with van der Waals surface area (Å²) in [6.45, 7) is 1.07. The van der Waals surface area contributed by atoms with Gasteiger partial charge in [0.2, 0.25) is 0 Å². The van der Waals surface area contributed by atoms with Gasteiger partial charge in [-0.3, -0.25) is 4.79 Å². The summed E-state index contributed by atoms with van der Waals surface area (Å²) in [6, 6.07) is 3.48. The fraction of sp³-hybridized carbons (Fsp3) is 0.286. The molecule has 1 aromatic carbocycles. The Hall–Kier alpha value is -1.42. The molecular formula is C14H10BrCl2N3O2. The summed E-state index contributed by atoms with van der Waals surface area (Å²) in [5.74, 6) is 0.322. The van der Waals surface area contributed by atoms with E-state index in [0.29, 0.717) is 50.0 Å². The summed E-state index contributed by atoms with van der Waals surface area (Å²) in [5.41, 5.74) is 1.15. The Morgan fingerprint density at radius 1 is 1.45 bits per heavy atom. The van der Waals surface area contributed by atoms with Gasteiger partial charge in [0, 0.05) is 26.2 Å². The minimum atomic E-state index is -0.117. The number of fused-ring (bicyclic) bond motifs is 3. The van der Waals surface area contributed by atoms with E-state index in [0.717, 1.165) is 0 Å². The molecule has 0 aliphatic carbocycles. The van der Waals surface area contributed by atoms with Crippen LogP contribution in [0.5, 0.6) is 5.75 Å². The number of rotatable bonds is 2. The van der Waals surface area contributed by atoms with Crippen LogP contribution in [0.3, 0.4) is 0 Å². The summed E-state index contributed by atoms with van der Waals surface area (Å²) in [4.78, 5) is 14.1. The largest absolute Gasteiger partial charge is 0.478 e. The van der Waals surface area contributed by atoms with Crippen LogP contribution in [0.15, 0.2) is 10.5 Å². The van der Waals surface area contributed by atoms with Gasteiger partial charge < -0.3 is 14.2 Å². The molecule has 114 valence electrons. The first kappa shape index (κ1) is 15.5. The van der Waals surface area contributed by atoms with Gasteiger partial charge in [0.25, 0.3) is 5.91 Å². The molecule has 1 aromatic heterocycles. The first-order valence-electron chi connectivity index (χ1n) is 6.42. The number of aromatic nitrogens is 1. The number of nitriles is 1. The van der Waals surface area contributed by atoms with Crippen molar-refractivity contribution in [1.29, 1.82) is 5.26 Å². The zero-order valence-electron chi connectivity index (χ0n) is 11.5. The molecule has 0 saturated heterocycles. The van der Waals surface area contributed by atoms with Gasteiger partial charge in [-0.15, -0.1) is 0 Å². The third-order valence-electron chi connectivity index (χ3n) is 3.63. The first-order chi connectivity index (χ1) is 10.5. The maximum atomic E-state index is 12.4. The van der Waals surface area contributed by atoms with E-state index in [-0.39, 0.29) is 12.5 Å². The maximum Gasteiger partial charge on any atom is 0.271 e. The molecule has 1 amide bonds. The predicted octanol–water partition coefficient (Wildman–Crippen LogP) is 3.70. The molecule has 0 N–H and O–H groups in total. The minimum absolute atomic E-state index is 0.104. The molecule has 0 unspecified atom stereocenters. The van der Waals surface area contributed by atoms with E-state index in [1.807, 2.05) is 10.6 Å². The Balaban J connectivity index is 2.38. The Morgan fingerprint density at radius 2 is 2.18 bits per heavy atom. The lowest BCUT2D eigenvalue weighted by molar-refractivity contribution is 0.0750. The average Bonchev–Trinajstić information content (AvgIpc) is 2.79. The van der Waals surface area contributed by atoms with Crippen molar-refractivity contribution in [2.24, 2.45) is 0 Å². The van der Waals surface area contributed by atoms with Gasteiger partial charge >= 0.3 is 0 Å². The van der Waals surface area contributed by atoms with Crippen LogP contribution in [0.25, 0.3) is 10.9 Å². The highest BCUT2D eigenvalue weighted by atomic mass is 79.9. The van der Waals surface area contributed by atoms with Crippen molar-refractivity contribution >= 4 is 55.9 Å². The number of carbonyl (C=O) groups is 1. The number of hydrogen-bond donors (Lipinski definition) is 0. The smallest absolute Gasteiger partial charge is 0.271 e. The number of likely N-dealkylation sites (N-methyl/N-ethyl adjacent to an activating group) is 1. The van der Waals surface area contributed by atoms with E-state index in [2.05, 4.69) is 15.9 Å². The molecule has 0 radical (unpaired) electrons. The van der Waals surface area contributed by atoms with Crippen LogP contribution < -0.4 is 4.74 Å². The summed E-state index contributed by atoms with van der Waals surface area (Å²) in [7, 11) is 1.75. The minimum Gasteiger partial charge on any atom is -0.478 e. The molecule has 0 spiro atoms. The molecule has 2 heterocycles. The second-order valence-corrected chi connectivity index (χ2v) is 6.46. The van der Waals surface area contributed by atoms with Gasteiger partial charge in [0.1, 0.15) is 17.5 Å². The average molecular weight is 403 g/mol. The molecule has 8 heteroatoms. The van der Waals surface area contributed by atoms with Crippen molar-refractivity contribution in [1.82, 2.24) is 9.47 Å². The van der Waals surface area contributed by atoms with E-state index in [9.17, 15) is 4.79 Å². The molecule has 0 fully saturated rings. The summed E-state index contributed by atoms with van der Waals surface area (Å²) in [5, 5.41) is 10.1. The fourth-order valence-corrected chi connectivity index (χ4v) is 3.80. The summed E-state index contributed by atoms with van der Waals surface area (Å²) < 4.78 is 7.90. The monoisotopic (exact) mass is 401 g/mol. The quantitative estimate of drug-likeness (QED) is 0.769. The van der Waals surface area contributed by atoms with E-state index < -0.39 is 0 Å². The molecule has 2 aromatic rings. The molecular weight excluding hydrogens is 393 g/mol. The van der Waals surface area contributed by atoms with Gasteiger partial charge in [-0.2, -0.15) is 5.26 Å². The second kappa shape index (κ2) is 5.65. The Labute approximate surface area is 145 Å². The molecule has 0 saturated carbocycles. The topological polar surface area (TPSA) is 58.3 Å². The number of hydrogen-bond acceptors (Lipinski definition) is 3. The molecule has 1 aliphatic rings. The lowest BCUT2D eigenvalue weighted by Gasteiger charge is -2.25. The maximum absolute atomic E-state index is 12.4. The molecule has 1 aliphatic heterocycles. The summed E-state index contributed by atoms with van der Waals surface area (Å²) >= 11 is 16.0. The zero-order chi connectivity index (χ0) is 16.0. The molecule has 0 atom stereocenters. The van der Waals surface area contributed by atoms with Crippen molar-refractivity contribution in [3.8, 4) is 11.8 Å². The predicted molar refractivity (Wildman–Crippen MR) is 87.7 cm³/mol. The third-order valence-corrected chi connectivity index (χ3v) is 5.18. The van der Waals surface area contributed by atoms with E-state index in [4.69, 9.17) is 33.2 Å². The second-order valence-electron chi connectivity index (χ2n) is 4.88. The molecule has 22 heavy (non-hydrogen) atoms. The van der Waals surface area contributed by atoms with Crippen molar-refractivity contribution in [3.05, 3.63) is 26.3 Å². The van der Waals surface area contributed by atoms with Gasteiger partial charge in [0.15, 0.2) is 6.61 Å². The van der Waals surface area contributed by atoms with Crippen LogP contribution in [0, 0.1) is 11.3 Å². The Morgan fingerprint density at radius 3 is 2.86 bits per heavy atom. The number of halogens is 3. The highest BCUT2D eigenvalue weighted by Crippen LogP contribution is 2.45. The third kappa shape index (κ3) is 2.16. The van der Waals surface area contributed by atoms with Gasteiger partial charge in [0.05, 0.1) is 25.4 Å². The normalized spacial score (nSPS) is 14.1. The standard InChI is InChI=1S/C14H10BrCl2N3O2/c1-19-3-4-20-12-9(10(15)13(20)14(19)21)8(22-5-2-18)6-7(16)11(12)17/h6H,3-5H2,1H3. The molecule has 5 nitrogen and oxygen atoms in total. The number of carbonyl (C=O) groups excluding carboxylic acids is 1.